The number of anilines is 2. The van der Waals surface area contributed by atoms with E-state index in [1.54, 1.807) is 37.5 Å². The van der Waals surface area contributed by atoms with Gasteiger partial charge in [0.25, 0.3) is 10.0 Å². The molecule has 0 aliphatic carbocycles. The number of hydrogen-bond acceptors (Lipinski definition) is 5. The number of aryl methyl sites for hydroxylation is 1. The Morgan fingerprint density at radius 1 is 1.20 bits per heavy atom. The quantitative estimate of drug-likeness (QED) is 0.880. The van der Waals surface area contributed by atoms with Gasteiger partial charge in [0.1, 0.15) is 4.90 Å². The maximum Gasteiger partial charge on any atom is 0.265 e. The van der Waals surface area contributed by atoms with E-state index in [1.165, 1.54) is 6.20 Å². The monoisotopic (exact) mass is 292 g/mol. The molecule has 6 nitrogen and oxygen atoms in total. The predicted molar refractivity (Wildman–Crippen MR) is 78.2 cm³/mol. The van der Waals surface area contributed by atoms with Gasteiger partial charge in [0.15, 0.2) is 0 Å². The van der Waals surface area contributed by atoms with Gasteiger partial charge in [0, 0.05) is 25.1 Å². The van der Waals surface area contributed by atoms with Gasteiger partial charge in [-0.25, -0.2) is 8.42 Å². The third-order valence-corrected chi connectivity index (χ3v) is 4.09. The first kappa shape index (κ1) is 14.3. The first-order chi connectivity index (χ1) is 9.54. The fraction of sp³-hybridized carbons (Fsp3) is 0.231. The van der Waals surface area contributed by atoms with Crippen LogP contribution in [0.3, 0.4) is 0 Å². The molecule has 2 heterocycles. The average molecular weight is 292 g/mol. The maximum atomic E-state index is 12.4. The lowest BCUT2D eigenvalue weighted by molar-refractivity contribution is 0.601. The van der Waals surface area contributed by atoms with E-state index < -0.39 is 10.0 Å². The van der Waals surface area contributed by atoms with Gasteiger partial charge in [-0.3, -0.25) is 14.7 Å². The summed E-state index contributed by atoms with van der Waals surface area (Å²) in [5, 5.41) is 3.01. The van der Waals surface area contributed by atoms with Crippen LogP contribution in [0, 0.1) is 6.92 Å². The largest absolute Gasteiger partial charge is 0.384 e. The van der Waals surface area contributed by atoms with Gasteiger partial charge in [-0.15, -0.1) is 0 Å². The minimum absolute atomic E-state index is 0.116. The second-order valence-electron chi connectivity index (χ2n) is 4.14. The summed E-state index contributed by atoms with van der Waals surface area (Å²) in [4.78, 5) is 8.06. The number of aromatic nitrogens is 2. The molecule has 2 rings (SSSR count). The summed E-state index contributed by atoms with van der Waals surface area (Å²) in [6.07, 6.45) is 4.49. The highest BCUT2D eigenvalue weighted by Gasteiger charge is 2.19. The van der Waals surface area contributed by atoms with Crippen LogP contribution in [-0.4, -0.2) is 24.9 Å². The van der Waals surface area contributed by atoms with Crippen LogP contribution in [0.1, 0.15) is 12.6 Å². The summed E-state index contributed by atoms with van der Waals surface area (Å²) in [5.74, 6) is 0. The first-order valence-electron chi connectivity index (χ1n) is 6.17. The molecule has 0 aliphatic rings. The molecule has 0 radical (unpaired) electrons. The second-order valence-corrected chi connectivity index (χ2v) is 5.79. The summed E-state index contributed by atoms with van der Waals surface area (Å²) in [5.41, 5.74) is 1.60. The number of rotatable bonds is 5. The molecule has 0 spiro atoms. The highest BCUT2D eigenvalue weighted by Crippen LogP contribution is 2.23. The first-order valence-corrected chi connectivity index (χ1v) is 7.65. The van der Waals surface area contributed by atoms with Crippen LogP contribution in [0.15, 0.2) is 41.7 Å². The Morgan fingerprint density at radius 2 is 2.00 bits per heavy atom. The van der Waals surface area contributed by atoms with Crippen LogP contribution in [-0.2, 0) is 10.0 Å². The highest BCUT2D eigenvalue weighted by molar-refractivity contribution is 7.92. The normalized spacial score (nSPS) is 11.1. The Bertz CT molecular complexity index is 701. The number of pyridine rings is 2. The van der Waals surface area contributed by atoms with Crippen molar-refractivity contribution < 1.29 is 8.42 Å². The number of nitrogens with one attached hydrogen (secondary N) is 2. The average Bonchev–Trinajstić information content (AvgIpc) is 2.42. The van der Waals surface area contributed by atoms with Crippen molar-refractivity contribution in [3.05, 3.63) is 42.5 Å². The Labute approximate surface area is 118 Å². The van der Waals surface area contributed by atoms with Crippen LogP contribution in [0.2, 0.25) is 0 Å². The Kier molecular flexibility index (Phi) is 4.19. The fourth-order valence-electron chi connectivity index (χ4n) is 1.72. The topological polar surface area (TPSA) is 84.0 Å². The van der Waals surface area contributed by atoms with Crippen LogP contribution >= 0.6 is 0 Å². The smallest absolute Gasteiger partial charge is 0.265 e. The van der Waals surface area contributed by atoms with E-state index in [4.69, 9.17) is 0 Å². The van der Waals surface area contributed by atoms with E-state index in [1.807, 2.05) is 6.92 Å². The standard InChI is InChI=1S/C13H16N4O2S/c1-3-15-12-6-8-14-9-13(12)20(18,19)17-11-5-4-7-16-10(11)2/h4-9,17H,3H2,1-2H3,(H,14,15). The molecule has 0 fully saturated rings. The van der Waals surface area contributed by atoms with Crippen LogP contribution in [0.4, 0.5) is 11.4 Å². The van der Waals surface area contributed by atoms with Gasteiger partial charge in [-0.1, -0.05) is 0 Å². The van der Waals surface area contributed by atoms with Crippen LogP contribution in [0.25, 0.3) is 0 Å². The van der Waals surface area contributed by atoms with Crippen LogP contribution < -0.4 is 10.0 Å². The van der Waals surface area contributed by atoms with Gasteiger partial charge >= 0.3 is 0 Å². The maximum absolute atomic E-state index is 12.4. The molecule has 0 aromatic carbocycles. The molecular weight excluding hydrogens is 276 g/mol. The molecule has 0 atom stereocenters. The third-order valence-electron chi connectivity index (χ3n) is 2.69. The SMILES string of the molecule is CCNc1ccncc1S(=O)(=O)Nc1cccnc1C. The lowest BCUT2D eigenvalue weighted by Crippen LogP contribution is -2.16. The van der Waals surface area contributed by atoms with Crippen molar-refractivity contribution in [3.8, 4) is 0 Å². The Balaban J connectivity index is 2.39. The number of hydrogen-bond donors (Lipinski definition) is 2. The minimum Gasteiger partial charge on any atom is -0.384 e. The van der Waals surface area contributed by atoms with Gasteiger partial charge in [-0.05, 0) is 32.0 Å². The molecule has 106 valence electrons. The van der Waals surface area contributed by atoms with Gasteiger partial charge in [0.05, 0.1) is 17.1 Å². The summed E-state index contributed by atoms with van der Waals surface area (Å²) < 4.78 is 27.4. The zero-order valence-corrected chi connectivity index (χ0v) is 12.1. The lowest BCUT2D eigenvalue weighted by Gasteiger charge is -2.13. The molecule has 0 saturated heterocycles. The van der Waals surface area contributed by atoms with E-state index >= 15 is 0 Å². The second kappa shape index (κ2) is 5.87. The molecule has 0 aliphatic heterocycles. The molecule has 7 heteroatoms. The van der Waals surface area contributed by atoms with E-state index in [9.17, 15) is 8.42 Å². The van der Waals surface area contributed by atoms with Crippen molar-refractivity contribution in [2.24, 2.45) is 0 Å². The van der Waals surface area contributed by atoms with Crippen molar-refractivity contribution in [3.63, 3.8) is 0 Å². The molecule has 2 N–H and O–H groups in total. The highest BCUT2D eigenvalue weighted by atomic mass is 32.2. The molecule has 0 amide bonds. The summed E-state index contributed by atoms with van der Waals surface area (Å²) in [6.45, 7) is 4.26. The number of nitrogens with zero attached hydrogens (tertiary/aromatic N) is 2. The zero-order valence-electron chi connectivity index (χ0n) is 11.3. The van der Waals surface area contributed by atoms with Crippen molar-refractivity contribution in [1.29, 1.82) is 0 Å². The molecule has 0 bridgehead atoms. The molecule has 2 aromatic heterocycles. The summed E-state index contributed by atoms with van der Waals surface area (Å²) in [6, 6.07) is 4.98. The minimum atomic E-state index is -3.70. The van der Waals surface area contributed by atoms with Crippen molar-refractivity contribution in [1.82, 2.24) is 9.97 Å². The van der Waals surface area contributed by atoms with Crippen molar-refractivity contribution in [2.75, 3.05) is 16.6 Å². The van der Waals surface area contributed by atoms with E-state index in [0.29, 0.717) is 23.6 Å². The van der Waals surface area contributed by atoms with E-state index in [0.717, 1.165) is 0 Å². The van der Waals surface area contributed by atoms with Crippen molar-refractivity contribution >= 4 is 21.4 Å². The molecule has 20 heavy (non-hydrogen) atoms. The molecule has 0 unspecified atom stereocenters. The van der Waals surface area contributed by atoms with E-state index in [-0.39, 0.29) is 4.90 Å². The lowest BCUT2D eigenvalue weighted by atomic mass is 10.3. The molecule has 2 aromatic rings. The number of sulfonamides is 1. The van der Waals surface area contributed by atoms with Gasteiger partial charge in [0.2, 0.25) is 0 Å². The zero-order chi connectivity index (χ0) is 14.6. The summed E-state index contributed by atoms with van der Waals surface area (Å²) >= 11 is 0. The molecule has 0 saturated carbocycles. The van der Waals surface area contributed by atoms with Crippen molar-refractivity contribution in [2.45, 2.75) is 18.7 Å². The van der Waals surface area contributed by atoms with Gasteiger partial charge < -0.3 is 5.32 Å². The third kappa shape index (κ3) is 3.05. The Morgan fingerprint density at radius 3 is 2.70 bits per heavy atom. The van der Waals surface area contributed by atoms with Crippen LogP contribution in [0.5, 0.6) is 0 Å². The predicted octanol–water partition coefficient (Wildman–Crippen LogP) is 2.02. The fourth-order valence-corrected chi connectivity index (χ4v) is 2.97. The summed E-state index contributed by atoms with van der Waals surface area (Å²) in [7, 11) is -3.70. The Hall–Kier alpha value is -2.15. The van der Waals surface area contributed by atoms with Gasteiger partial charge in [-0.2, -0.15) is 0 Å². The van der Waals surface area contributed by atoms with E-state index in [2.05, 4.69) is 20.0 Å². The molecular formula is C13H16N4O2S.